The molecule has 29 heavy (non-hydrogen) atoms. The Hall–Kier alpha value is -1.93. The number of ether oxygens (including phenoxy) is 1. The molecule has 7 nitrogen and oxygen atoms in total. The van der Waals surface area contributed by atoms with Gasteiger partial charge in [0, 0.05) is 18.8 Å². The topological polar surface area (TPSA) is 92.8 Å². The number of esters is 1. The van der Waals surface area contributed by atoms with Crippen LogP contribution in [0.25, 0.3) is 0 Å². The maximum absolute atomic E-state index is 12.9. The van der Waals surface area contributed by atoms with Gasteiger partial charge in [0.05, 0.1) is 10.8 Å². The van der Waals surface area contributed by atoms with Gasteiger partial charge >= 0.3 is 5.97 Å². The van der Waals surface area contributed by atoms with Gasteiger partial charge in [0.1, 0.15) is 0 Å². The number of carbonyl (C=O) groups excluding carboxylic acids is 2. The van der Waals surface area contributed by atoms with E-state index in [1.165, 1.54) is 12.1 Å². The lowest BCUT2D eigenvalue weighted by atomic mass is 9.94. The Labute approximate surface area is 172 Å². The van der Waals surface area contributed by atoms with E-state index in [-0.39, 0.29) is 23.4 Å². The minimum absolute atomic E-state index is 0.0903. The largest absolute Gasteiger partial charge is 0.455 e. The van der Waals surface area contributed by atoms with E-state index in [1.54, 1.807) is 16.4 Å². The zero-order chi connectivity index (χ0) is 21.0. The van der Waals surface area contributed by atoms with Gasteiger partial charge < -0.3 is 10.1 Å². The highest BCUT2D eigenvalue weighted by Gasteiger charge is 2.31. The smallest absolute Gasteiger partial charge is 0.309 e. The van der Waals surface area contributed by atoms with Gasteiger partial charge in [0.2, 0.25) is 10.0 Å². The second-order valence-electron chi connectivity index (χ2n) is 8.43. The number of nitrogens with zero attached hydrogens (tertiary/aromatic N) is 1. The number of nitrogens with one attached hydrogen (secondary N) is 1. The molecule has 1 heterocycles. The summed E-state index contributed by atoms with van der Waals surface area (Å²) in [4.78, 5) is 24.1. The third kappa shape index (κ3) is 5.57. The van der Waals surface area contributed by atoms with Crippen molar-refractivity contribution in [3.63, 3.8) is 0 Å². The van der Waals surface area contributed by atoms with Crippen molar-refractivity contribution >= 4 is 27.6 Å². The van der Waals surface area contributed by atoms with Crippen molar-refractivity contribution in [2.75, 3.05) is 25.0 Å². The highest BCUT2D eigenvalue weighted by molar-refractivity contribution is 7.89. The average molecular weight is 423 g/mol. The summed E-state index contributed by atoms with van der Waals surface area (Å²) < 4.78 is 32.4. The Morgan fingerprint density at radius 2 is 1.66 bits per heavy atom. The van der Waals surface area contributed by atoms with Crippen molar-refractivity contribution in [2.45, 2.75) is 50.8 Å². The number of carbonyl (C=O) groups is 2. The molecule has 2 aliphatic rings. The molecule has 160 valence electrons. The molecule has 1 aliphatic carbocycles. The summed E-state index contributed by atoms with van der Waals surface area (Å²) in [6, 6.07) is 6.11. The van der Waals surface area contributed by atoms with Gasteiger partial charge in [-0.2, -0.15) is 4.31 Å². The Kier molecular flexibility index (Phi) is 6.95. The summed E-state index contributed by atoms with van der Waals surface area (Å²) in [7, 11) is -3.55. The molecule has 8 heteroatoms. The lowest BCUT2D eigenvalue weighted by Crippen LogP contribution is -2.42. The third-order valence-electron chi connectivity index (χ3n) is 5.65. The van der Waals surface area contributed by atoms with Gasteiger partial charge in [-0.1, -0.05) is 26.7 Å². The minimum atomic E-state index is -3.55. The van der Waals surface area contributed by atoms with Gasteiger partial charge in [-0.25, -0.2) is 8.42 Å². The standard InChI is InChI=1S/C21H30N2O5S/c1-15-11-16(2)13-23(12-15)29(26,27)19-9-7-18(8-10-19)22-20(24)14-28-21(25)17-5-3-4-6-17/h7-10,15-17H,3-6,11-14H2,1-2H3,(H,22,24)/t15-,16-/m0/s1. The number of benzene rings is 1. The second kappa shape index (κ2) is 9.26. The number of hydrogen-bond donors (Lipinski definition) is 1. The summed E-state index contributed by atoms with van der Waals surface area (Å²) in [5, 5.41) is 2.64. The summed E-state index contributed by atoms with van der Waals surface area (Å²) >= 11 is 0. The molecule has 0 aromatic heterocycles. The molecule has 1 aliphatic heterocycles. The van der Waals surface area contributed by atoms with E-state index in [9.17, 15) is 18.0 Å². The number of hydrogen-bond acceptors (Lipinski definition) is 5. The van der Waals surface area contributed by atoms with E-state index < -0.39 is 15.9 Å². The number of rotatable bonds is 6. The van der Waals surface area contributed by atoms with Crippen LogP contribution in [0.3, 0.4) is 0 Å². The maximum Gasteiger partial charge on any atom is 0.309 e. The Morgan fingerprint density at radius 3 is 2.24 bits per heavy atom. The first-order valence-corrected chi connectivity index (χ1v) is 11.8. The predicted molar refractivity (Wildman–Crippen MR) is 110 cm³/mol. The molecule has 1 amide bonds. The monoisotopic (exact) mass is 422 g/mol. The van der Waals surface area contributed by atoms with Gasteiger partial charge in [-0.15, -0.1) is 0 Å². The van der Waals surface area contributed by atoms with E-state index in [0.717, 1.165) is 32.1 Å². The number of piperidine rings is 1. The van der Waals surface area contributed by atoms with E-state index in [2.05, 4.69) is 19.2 Å². The van der Waals surface area contributed by atoms with E-state index in [1.807, 2.05) is 0 Å². The third-order valence-corrected chi connectivity index (χ3v) is 7.49. The molecule has 0 unspecified atom stereocenters. The molecule has 0 spiro atoms. The summed E-state index contributed by atoms with van der Waals surface area (Å²) in [6.07, 6.45) is 4.73. The second-order valence-corrected chi connectivity index (χ2v) is 10.4. The maximum atomic E-state index is 12.9. The van der Waals surface area contributed by atoms with Gasteiger partial charge in [0.25, 0.3) is 5.91 Å². The highest BCUT2D eigenvalue weighted by atomic mass is 32.2. The molecule has 1 saturated heterocycles. The van der Waals surface area contributed by atoms with Crippen LogP contribution in [0.1, 0.15) is 46.0 Å². The van der Waals surface area contributed by atoms with Crippen molar-refractivity contribution in [2.24, 2.45) is 17.8 Å². The van der Waals surface area contributed by atoms with Crippen LogP contribution >= 0.6 is 0 Å². The number of sulfonamides is 1. The summed E-state index contributed by atoms with van der Waals surface area (Å²) in [5.41, 5.74) is 0.464. The Bertz CT molecular complexity index is 821. The fourth-order valence-electron chi connectivity index (χ4n) is 4.27. The van der Waals surface area contributed by atoms with Crippen LogP contribution in [0.15, 0.2) is 29.2 Å². The molecule has 0 bridgehead atoms. The van der Waals surface area contributed by atoms with Crippen molar-refractivity contribution in [1.82, 2.24) is 4.31 Å². The average Bonchev–Trinajstić information content (AvgIpc) is 3.21. The molecule has 3 rings (SSSR count). The number of anilines is 1. The highest BCUT2D eigenvalue weighted by Crippen LogP contribution is 2.27. The zero-order valence-corrected chi connectivity index (χ0v) is 17.9. The molecule has 0 radical (unpaired) electrons. The number of amides is 1. The van der Waals surface area contributed by atoms with E-state index in [0.29, 0.717) is 30.6 Å². The Balaban J connectivity index is 1.55. The lowest BCUT2D eigenvalue weighted by molar-refractivity contribution is -0.151. The van der Waals surface area contributed by atoms with Crippen LogP contribution in [-0.4, -0.2) is 44.3 Å². The molecule has 2 fully saturated rings. The van der Waals surface area contributed by atoms with E-state index in [4.69, 9.17) is 4.74 Å². The van der Waals surface area contributed by atoms with Gasteiger partial charge in [0.15, 0.2) is 6.61 Å². The minimum Gasteiger partial charge on any atom is -0.455 e. The van der Waals surface area contributed by atoms with E-state index >= 15 is 0 Å². The van der Waals surface area contributed by atoms with Crippen LogP contribution in [0, 0.1) is 17.8 Å². The van der Waals surface area contributed by atoms with Gasteiger partial charge in [-0.3, -0.25) is 9.59 Å². The lowest BCUT2D eigenvalue weighted by Gasteiger charge is -2.34. The first kappa shape index (κ1) is 21.8. The Morgan fingerprint density at radius 1 is 1.07 bits per heavy atom. The summed E-state index contributed by atoms with van der Waals surface area (Å²) in [6.45, 7) is 4.85. The fraction of sp³-hybridized carbons (Fsp3) is 0.619. The van der Waals surface area contributed by atoms with Crippen molar-refractivity contribution < 1.29 is 22.7 Å². The molecule has 1 aromatic carbocycles. The molecular formula is C21H30N2O5S. The van der Waals surface area contributed by atoms with Crippen molar-refractivity contribution in [3.05, 3.63) is 24.3 Å². The van der Waals surface area contributed by atoms with Crippen molar-refractivity contribution in [1.29, 1.82) is 0 Å². The SMILES string of the molecule is C[C@H]1C[C@H](C)CN(S(=O)(=O)c2ccc(NC(=O)COC(=O)C3CCCC3)cc2)C1. The first-order valence-electron chi connectivity index (χ1n) is 10.3. The molecule has 2 atom stereocenters. The van der Waals surface area contributed by atoms with Crippen LogP contribution < -0.4 is 5.32 Å². The van der Waals surface area contributed by atoms with Crippen LogP contribution in [0.5, 0.6) is 0 Å². The molecule has 1 N–H and O–H groups in total. The first-order chi connectivity index (χ1) is 13.8. The van der Waals surface area contributed by atoms with Crippen molar-refractivity contribution in [3.8, 4) is 0 Å². The van der Waals surface area contributed by atoms with Crippen LogP contribution in [-0.2, 0) is 24.3 Å². The van der Waals surface area contributed by atoms with Crippen LogP contribution in [0.4, 0.5) is 5.69 Å². The molecule has 1 saturated carbocycles. The summed E-state index contributed by atoms with van der Waals surface area (Å²) in [5.74, 6) is -0.180. The quantitative estimate of drug-likeness (QED) is 0.712. The fourth-order valence-corrected chi connectivity index (χ4v) is 5.95. The zero-order valence-electron chi connectivity index (χ0n) is 17.1. The molecular weight excluding hydrogens is 392 g/mol. The van der Waals surface area contributed by atoms with Crippen LogP contribution in [0.2, 0.25) is 0 Å². The predicted octanol–water partition coefficient (Wildman–Crippen LogP) is 3.03. The molecule has 1 aromatic rings. The van der Waals surface area contributed by atoms with Gasteiger partial charge in [-0.05, 0) is 55.4 Å². The normalized spacial score (nSPS) is 23.7.